The molecule has 5 aromatic rings. The number of ether oxygens (including phenoxy) is 2. The molecule has 0 radical (unpaired) electrons. The Balaban J connectivity index is 0.00000338. The second-order valence-electron chi connectivity index (χ2n) is 17.4. The number of hydrogen-bond acceptors (Lipinski definition) is 8. The first-order valence-corrected chi connectivity index (χ1v) is 23.9. The molecule has 0 spiro atoms. The minimum absolute atomic E-state index is 0.0915. The molecule has 68 heavy (non-hydrogen) atoms. The van der Waals surface area contributed by atoms with Crippen LogP contribution < -0.4 is 4.74 Å². The third-order valence-electron chi connectivity index (χ3n) is 12.8. The third kappa shape index (κ3) is 12.2. The molecule has 0 aromatic heterocycles. The van der Waals surface area contributed by atoms with E-state index in [4.69, 9.17) is 9.47 Å². The maximum Gasteiger partial charge on any atom is 0.329 e. The summed E-state index contributed by atoms with van der Waals surface area (Å²) >= 11 is 0. The molecule has 0 bridgehead atoms. The van der Waals surface area contributed by atoms with Gasteiger partial charge in [-0.3, -0.25) is 24.0 Å². The van der Waals surface area contributed by atoms with Crippen LogP contribution >= 0.6 is 0 Å². The molecule has 8 rings (SSSR count). The van der Waals surface area contributed by atoms with E-state index in [1.807, 2.05) is 80.6 Å². The van der Waals surface area contributed by atoms with Gasteiger partial charge in [-0.25, -0.2) is 4.79 Å². The van der Waals surface area contributed by atoms with Crippen LogP contribution in [-0.4, -0.2) is 63.1 Å². The van der Waals surface area contributed by atoms with Gasteiger partial charge in [0.05, 0.1) is 6.04 Å². The molecule has 5 aromatic carbocycles. The van der Waals surface area contributed by atoms with E-state index in [0.717, 1.165) is 60.8 Å². The Kier molecular flexibility index (Phi) is 16.8. The lowest BCUT2D eigenvalue weighted by molar-refractivity contribution is -0.160. The zero-order chi connectivity index (χ0) is 48.0. The molecule has 1 aliphatic carbocycles. The molecule has 2 amide bonds. The van der Waals surface area contributed by atoms with Crippen molar-refractivity contribution in [1.29, 1.82) is 0 Å². The number of nitrogens with zero attached hydrogens (tertiary/aromatic N) is 2. The van der Waals surface area contributed by atoms with E-state index in [-0.39, 0.29) is 42.5 Å². The molecule has 2 aliphatic heterocycles. The minimum Gasteiger partial charge on any atom is -0.461 e. The van der Waals surface area contributed by atoms with Gasteiger partial charge in [-0.1, -0.05) is 117 Å². The van der Waals surface area contributed by atoms with Gasteiger partial charge in [0.15, 0.2) is 5.78 Å². The molecule has 2 heterocycles. The van der Waals surface area contributed by atoms with Crippen LogP contribution in [0.2, 0.25) is 0 Å². The third-order valence-corrected chi connectivity index (χ3v) is 12.8. The lowest BCUT2D eigenvalue weighted by Crippen LogP contribution is -2.52. The molecule has 0 saturated carbocycles. The summed E-state index contributed by atoms with van der Waals surface area (Å²) in [4.78, 5) is 84.3. The van der Waals surface area contributed by atoms with Crippen molar-refractivity contribution in [3.8, 4) is 11.5 Å². The summed E-state index contributed by atoms with van der Waals surface area (Å²) < 4.78 is 12.3. The second kappa shape index (κ2) is 23.5. The number of hydrogen-bond donors (Lipinski definition) is 0. The zero-order valence-corrected chi connectivity index (χ0v) is 39.2. The van der Waals surface area contributed by atoms with Crippen LogP contribution in [0, 0.1) is 0 Å². The van der Waals surface area contributed by atoms with Gasteiger partial charge in [0.25, 0.3) is 11.8 Å². The Morgan fingerprint density at radius 2 is 1.06 bits per heavy atom. The molecule has 0 saturated heterocycles. The fourth-order valence-electron chi connectivity index (χ4n) is 9.11. The Bertz CT molecular complexity index is 2650. The fraction of sp³-hybridized carbons (Fsp3) is 0.310. The van der Waals surface area contributed by atoms with E-state index < -0.39 is 41.4 Å². The molecular weight excluding hydrogens is 853 g/mol. The number of allylic oxidation sites excluding steroid dienone is 4. The smallest absolute Gasteiger partial charge is 0.329 e. The lowest BCUT2D eigenvalue weighted by atomic mass is 9.91. The first-order valence-electron chi connectivity index (χ1n) is 23.9. The molecule has 350 valence electrons. The number of Topliss-reactive ketones (excluding diaryl/α,β-unsaturated/α-hetero) is 3. The molecular formula is C58H60N2O8. The highest BCUT2D eigenvalue weighted by Gasteiger charge is 2.40. The summed E-state index contributed by atoms with van der Waals surface area (Å²) in [5.41, 5.74) is 6.51. The summed E-state index contributed by atoms with van der Waals surface area (Å²) in [5, 5.41) is 0. The molecule has 10 heteroatoms. The first-order chi connectivity index (χ1) is 33.1. The van der Waals surface area contributed by atoms with Gasteiger partial charge in [-0.2, -0.15) is 0 Å². The van der Waals surface area contributed by atoms with E-state index in [1.54, 1.807) is 24.3 Å². The summed E-state index contributed by atoms with van der Waals surface area (Å²) in [5.74, 6) is -2.99. The summed E-state index contributed by atoms with van der Waals surface area (Å²) in [7, 11) is 0. The number of rotatable bonds is 17. The van der Waals surface area contributed by atoms with Crippen LogP contribution in [0.25, 0.3) is 0 Å². The second-order valence-corrected chi connectivity index (χ2v) is 17.4. The van der Waals surface area contributed by atoms with Gasteiger partial charge in [-0.05, 0) is 135 Å². The number of ketones is 3. The number of aryl methyl sites for hydroxylation is 1. The van der Waals surface area contributed by atoms with Crippen LogP contribution in [-0.2, 0) is 56.3 Å². The van der Waals surface area contributed by atoms with E-state index in [1.165, 1.54) is 52.1 Å². The van der Waals surface area contributed by atoms with Crippen molar-refractivity contribution >= 4 is 35.1 Å². The number of esters is 1. The largest absolute Gasteiger partial charge is 0.461 e. The van der Waals surface area contributed by atoms with E-state index in [9.17, 15) is 28.8 Å². The number of fused-ring (bicyclic) bond motifs is 2. The number of carbonyl (C=O) groups is 6. The van der Waals surface area contributed by atoms with Crippen LogP contribution in [0.15, 0.2) is 151 Å². The van der Waals surface area contributed by atoms with Gasteiger partial charge in [0, 0.05) is 37.1 Å². The predicted octanol–water partition coefficient (Wildman–Crippen LogP) is 10.7. The normalized spacial score (nSPS) is 16.4. The van der Waals surface area contributed by atoms with Gasteiger partial charge < -0.3 is 19.3 Å². The highest BCUT2D eigenvalue weighted by Crippen LogP contribution is 2.29. The van der Waals surface area contributed by atoms with Crippen molar-refractivity contribution < 1.29 is 38.2 Å². The summed E-state index contributed by atoms with van der Waals surface area (Å²) in [6, 6.07) is 36.0. The monoisotopic (exact) mass is 912 g/mol. The van der Waals surface area contributed by atoms with E-state index >= 15 is 0 Å². The van der Waals surface area contributed by atoms with Crippen molar-refractivity contribution in [2.24, 2.45) is 0 Å². The highest BCUT2D eigenvalue weighted by molar-refractivity contribution is 6.43. The predicted molar refractivity (Wildman–Crippen MR) is 262 cm³/mol. The van der Waals surface area contributed by atoms with Gasteiger partial charge >= 0.3 is 5.97 Å². The van der Waals surface area contributed by atoms with E-state index in [0.29, 0.717) is 30.8 Å². The zero-order valence-electron chi connectivity index (χ0n) is 39.2. The SMILES string of the molecule is CC.CC(=O)C1Cc2ccccc2CN1C(=O)C(=O)c1ccc(Oc2ccc(C(=O)C(=O)N3Cc4ccccc4C[C@H]3C(=O)OC(CCCC3=CCCC=C3)CCCc3ccccc3)cc2)cc1. The van der Waals surface area contributed by atoms with Crippen molar-refractivity contribution in [3.05, 3.63) is 190 Å². The summed E-state index contributed by atoms with van der Waals surface area (Å²) in [6.45, 7) is 5.69. The van der Waals surface area contributed by atoms with Crippen LogP contribution in [0.3, 0.4) is 0 Å². The maximum atomic E-state index is 14.2. The van der Waals surface area contributed by atoms with Crippen LogP contribution in [0.1, 0.15) is 114 Å². The molecule has 0 fully saturated rings. The summed E-state index contributed by atoms with van der Waals surface area (Å²) in [6.07, 6.45) is 13.8. The van der Waals surface area contributed by atoms with Gasteiger partial charge in [0.1, 0.15) is 23.6 Å². The van der Waals surface area contributed by atoms with E-state index in [2.05, 4.69) is 30.4 Å². The lowest BCUT2D eigenvalue weighted by Gasteiger charge is -2.36. The quantitative estimate of drug-likeness (QED) is 0.0513. The number of benzene rings is 5. The van der Waals surface area contributed by atoms with Crippen molar-refractivity contribution in [2.45, 2.75) is 116 Å². The van der Waals surface area contributed by atoms with Crippen molar-refractivity contribution in [2.75, 3.05) is 0 Å². The molecule has 2 unspecified atom stereocenters. The fourth-order valence-corrected chi connectivity index (χ4v) is 9.11. The molecule has 0 N–H and O–H groups in total. The van der Waals surface area contributed by atoms with Gasteiger partial charge in [0.2, 0.25) is 11.6 Å². The molecule has 3 aliphatic rings. The Morgan fingerprint density at radius 3 is 1.57 bits per heavy atom. The Morgan fingerprint density at radius 1 is 0.574 bits per heavy atom. The van der Waals surface area contributed by atoms with Gasteiger partial charge in [-0.15, -0.1) is 0 Å². The molecule has 10 nitrogen and oxygen atoms in total. The van der Waals surface area contributed by atoms with Crippen LogP contribution in [0.4, 0.5) is 0 Å². The number of amides is 2. The first kappa shape index (κ1) is 48.7. The molecule has 3 atom stereocenters. The Hall–Kier alpha value is -7.20. The number of carbonyl (C=O) groups excluding carboxylic acids is 6. The average molecular weight is 913 g/mol. The maximum absolute atomic E-state index is 14.2. The minimum atomic E-state index is -0.975. The topological polar surface area (TPSA) is 127 Å². The highest BCUT2D eigenvalue weighted by atomic mass is 16.5. The van der Waals surface area contributed by atoms with Crippen molar-refractivity contribution in [1.82, 2.24) is 9.80 Å². The Labute approximate surface area is 399 Å². The standard InChI is InChI=1S/C56H54N2O8.C2H6/c1-38(59)50-34-43-20-8-10-22-45(43)36-57(50)54(62)52(60)41-26-30-48(31-27-41)65-49-32-28-42(29-33-49)53(61)55(63)58-37-46-23-11-9-21-44(46)35-51(58)56(64)66-47(24-12-18-39-14-4-2-5-15-39)25-13-19-40-16-6-3-7-17-40;1-2/h2,4-6,8-11,14-17,20-23,26-33,47,50-51H,3,7,12-13,18-19,24-25,34-37H2,1H3;1-2H3/t47?,50?,51-;/m0./s1. The average Bonchev–Trinajstić information content (AvgIpc) is 3.38. The van der Waals surface area contributed by atoms with Crippen molar-refractivity contribution in [3.63, 3.8) is 0 Å². The van der Waals surface area contributed by atoms with Crippen LogP contribution in [0.5, 0.6) is 11.5 Å².